The molecule has 0 aliphatic carbocycles. The molecule has 0 amide bonds. The highest BCUT2D eigenvalue weighted by atomic mass is 16.5. The molecule has 1 N–H and O–H groups in total. The normalized spacial score (nSPS) is 18.2. The Bertz CT molecular complexity index is 215. The number of carbonyl (C=O) groups excluding carboxylic acids is 1. The Kier molecular flexibility index (Phi) is 7.21. The number of hydrogen-bond acceptors (Lipinski definition) is 4. The summed E-state index contributed by atoms with van der Waals surface area (Å²) in [6.45, 7) is 6.47. The van der Waals surface area contributed by atoms with Crippen LogP contribution in [0.4, 0.5) is 0 Å². The number of esters is 1. The Hall–Kier alpha value is -0.610. The average molecular weight is 242 g/mol. The summed E-state index contributed by atoms with van der Waals surface area (Å²) in [7, 11) is 1.46. The van der Waals surface area contributed by atoms with Crippen molar-refractivity contribution in [1.82, 2.24) is 10.2 Å². The third-order valence-corrected chi connectivity index (χ3v) is 3.35. The van der Waals surface area contributed by atoms with Crippen molar-refractivity contribution in [3.8, 4) is 0 Å². The predicted octanol–water partition coefficient (Wildman–Crippen LogP) is 1.40. The lowest BCUT2D eigenvalue weighted by Gasteiger charge is -2.19. The molecule has 1 unspecified atom stereocenters. The minimum atomic E-state index is -0.125. The molecule has 0 aromatic carbocycles. The molecule has 1 fully saturated rings. The van der Waals surface area contributed by atoms with E-state index in [4.69, 9.17) is 4.74 Å². The topological polar surface area (TPSA) is 41.6 Å². The summed E-state index contributed by atoms with van der Waals surface area (Å²) in [5.41, 5.74) is 0. The molecule has 4 heteroatoms. The van der Waals surface area contributed by atoms with Crippen molar-refractivity contribution < 1.29 is 9.53 Å². The van der Waals surface area contributed by atoms with E-state index in [-0.39, 0.29) is 12.0 Å². The fraction of sp³-hybridized carbons (Fsp3) is 0.923. The Morgan fingerprint density at radius 1 is 1.41 bits per heavy atom. The van der Waals surface area contributed by atoms with Crippen LogP contribution in [-0.2, 0) is 9.53 Å². The molecule has 1 saturated heterocycles. The highest BCUT2D eigenvalue weighted by molar-refractivity contribution is 5.75. The molecule has 0 aromatic rings. The van der Waals surface area contributed by atoms with Crippen molar-refractivity contribution in [3.63, 3.8) is 0 Å². The number of hydrogen-bond donors (Lipinski definition) is 1. The second kappa shape index (κ2) is 8.48. The standard InChI is InChI=1S/C13H26N2O2/c1-3-4-7-12(13(16)17-2)14-8-11-15-9-5-6-10-15/h12,14H,3-11H2,1-2H3. The van der Waals surface area contributed by atoms with Gasteiger partial charge >= 0.3 is 5.97 Å². The van der Waals surface area contributed by atoms with Crippen LogP contribution in [0.15, 0.2) is 0 Å². The molecule has 0 radical (unpaired) electrons. The first-order valence-electron chi connectivity index (χ1n) is 6.81. The maximum absolute atomic E-state index is 11.5. The molecule has 1 aliphatic heterocycles. The Labute approximate surface area is 105 Å². The fourth-order valence-corrected chi connectivity index (χ4v) is 2.26. The van der Waals surface area contributed by atoms with Gasteiger partial charge in [-0.05, 0) is 32.4 Å². The monoisotopic (exact) mass is 242 g/mol. The molecule has 1 heterocycles. The largest absolute Gasteiger partial charge is 0.468 e. The zero-order valence-electron chi connectivity index (χ0n) is 11.2. The summed E-state index contributed by atoms with van der Waals surface area (Å²) >= 11 is 0. The van der Waals surface area contributed by atoms with Crippen LogP contribution in [0.2, 0.25) is 0 Å². The van der Waals surface area contributed by atoms with Crippen LogP contribution in [0.1, 0.15) is 39.0 Å². The lowest BCUT2D eigenvalue weighted by molar-refractivity contribution is -0.143. The smallest absolute Gasteiger partial charge is 0.322 e. The highest BCUT2D eigenvalue weighted by Crippen LogP contribution is 2.06. The number of likely N-dealkylation sites (tertiary alicyclic amines) is 1. The average Bonchev–Trinajstić information content (AvgIpc) is 2.85. The van der Waals surface area contributed by atoms with Gasteiger partial charge < -0.3 is 15.0 Å². The second-order valence-electron chi connectivity index (χ2n) is 4.72. The first-order valence-corrected chi connectivity index (χ1v) is 6.81. The number of rotatable bonds is 8. The van der Waals surface area contributed by atoms with Gasteiger partial charge in [0.25, 0.3) is 0 Å². The van der Waals surface area contributed by atoms with Crippen molar-refractivity contribution in [3.05, 3.63) is 0 Å². The van der Waals surface area contributed by atoms with Crippen molar-refractivity contribution in [2.45, 2.75) is 45.1 Å². The molecule has 1 rings (SSSR count). The summed E-state index contributed by atoms with van der Waals surface area (Å²) in [6, 6.07) is -0.123. The van der Waals surface area contributed by atoms with Crippen LogP contribution in [0, 0.1) is 0 Å². The minimum Gasteiger partial charge on any atom is -0.468 e. The molecule has 4 nitrogen and oxygen atoms in total. The first-order chi connectivity index (χ1) is 8.27. The van der Waals surface area contributed by atoms with Crippen molar-refractivity contribution in [2.24, 2.45) is 0 Å². The van der Waals surface area contributed by atoms with Gasteiger partial charge in [0.05, 0.1) is 7.11 Å². The van der Waals surface area contributed by atoms with Gasteiger partial charge in [0, 0.05) is 13.1 Å². The molecule has 0 saturated carbocycles. The number of nitrogens with zero attached hydrogens (tertiary/aromatic N) is 1. The number of unbranched alkanes of at least 4 members (excludes halogenated alkanes) is 1. The lowest BCUT2D eigenvalue weighted by atomic mass is 10.1. The van der Waals surface area contributed by atoms with E-state index in [0.717, 1.165) is 32.4 Å². The van der Waals surface area contributed by atoms with E-state index < -0.39 is 0 Å². The van der Waals surface area contributed by atoms with Gasteiger partial charge in [-0.25, -0.2) is 0 Å². The van der Waals surface area contributed by atoms with E-state index >= 15 is 0 Å². The maximum atomic E-state index is 11.5. The quantitative estimate of drug-likeness (QED) is 0.653. The van der Waals surface area contributed by atoms with E-state index in [1.807, 2.05) is 0 Å². The summed E-state index contributed by atoms with van der Waals surface area (Å²) in [4.78, 5) is 14.0. The zero-order chi connectivity index (χ0) is 12.5. The van der Waals surface area contributed by atoms with Crippen LogP contribution in [0.25, 0.3) is 0 Å². The van der Waals surface area contributed by atoms with Crippen LogP contribution in [0.3, 0.4) is 0 Å². The Morgan fingerprint density at radius 3 is 2.71 bits per heavy atom. The molecule has 1 aliphatic rings. The molecule has 1 atom stereocenters. The van der Waals surface area contributed by atoms with Gasteiger partial charge in [-0.2, -0.15) is 0 Å². The summed E-state index contributed by atoms with van der Waals surface area (Å²) in [6.07, 6.45) is 5.69. The van der Waals surface area contributed by atoms with Crippen LogP contribution >= 0.6 is 0 Å². The third kappa shape index (κ3) is 5.50. The molecule has 0 bridgehead atoms. The van der Waals surface area contributed by atoms with E-state index in [1.165, 1.54) is 33.0 Å². The Morgan fingerprint density at radius 2 is 2.12 bits per heavy atom. The van der Waals surface area contributed by atoms with Gasteiger partial charge in [0.1, 0.15) is 6.04 Å². The van der Waals surface area contributed by atoms with E-state index in [2.05, 4.69) is 17.1 Å². The second-order valence-corrected chi connectivity index (χ2v) is 4.72. The van der Waals surface area contributed by atoms with Crippen LogP contribution < -0.4 is 5.32 Å². The van der Waals surface area contributed by atoms with Crippen molar-refractivity contribution >= 4 is 5.97 Å². The molecule has 100 valence electrons. The number of methoxy groups -OCH3 is 1. The number of nitrogens with one attached hydrogen (secondary N) is 1. The molecular formula is C13H26N2O2. The molecule has 17 heavy (non-hydrogen) atoms. The first kappa shape index (κ1) is 14.5. The van der Waals surface area contributed by atoms with Gasteiger partial charge in [-0.15, -0.1) is 0 Å². The van der Waals surface area contributed by atoms with Crippen molar-refractivity contribution in [2.75, 3.05) is 33.3 Å². The lowest BCUT2D eigenvalue weighted by Crippen LogP contribution is -2.41. The van der Waals surface area contributed by atoms with Crippen LogP contribution in [-0.4, -0.2) is 50.2 Å². The summed E-state index contributed by atoms with van der Waals surface area (Å²) in [5.74, 6) is -0.125. The van der Waals surface area contributed by atoms with Gasteiger partial charge in [-0.1, -0.05) is 19.8 Å². The zero-order valence-corrected chi connectivity index (χ0v) is 11.2. The number of carbonyl (C=O) groups is 1. The highest BCUT2D eigenvalue weighted by Gasteiger charge is 2.18. The van der Waals surface area contributed by atoms with E-state index in [9.17, 15) is 4.79 Å². The molecule has 0 spiro atoms. The van der Waals surface area contributed by atoms with Gasteiger partial charge in [0.15, 0.2) is 0 Å². The summed E-state index contributed by atoms with van der Waals surface area (Å²) in [5, 5.41) is 3.32. The molecular weight excluding hydrogens is 216 g/mol. The fourth-order valence-electron chi connectivity index (χ4n) is 2.26. The van der Waals surface area contributed by atoms with E-state index in [1.54, 1.807) is 0 Å². The van der Waals surface area contributed by atoms with Gasteiger partial charge in [-0.3, -0.25) is 4.79 Å². The van der Waals surface area contributed by atoms with Gasteiger partial charge in [0.2, 0.25) is 0 Å². The SMILES string of the molecule is CCCCC(NCCN1CCCC1)C(=O)OC. The van der Waals surface area contributed by atoms with E-state index in [0.29, 0.717) is 0 Å². The predicted molar refractivity (Wildman–Crippen MR) is 69.0 cm³/mol. The maximum Gasteiger partial charge on any atom is 0.322 e. The number of ether oxygens (including phenoxy) is 1. The Balaban J connectivity index is 2.19. The van der Waals surface area contributed by atoms with Crippen LogP contribution in [0.5, 0.6) is 0 Å². The van der Waals surface area contributed by atoms with Crippen molar-refractivity contribution in [1.29, 1.82) is 0 Å². The third-order valence-electron chi connectivity index (χ3n) is 3.35. The minimum absolute atomic E-state index is 0.123. The summed E-state index contributed by atoms with van der Waals surface area (Å²) < 4.78 is 4.82. The molecule has 0 aromatic heterocycles.